The fourth-order valence-corrected chi connectivity index (χ4v) is 5.21. The number of pyridine rings is 1. The lowest BCUT2D eigenvalue weighted by Crippen LogP contribution is -2.32. The van der Waals surface area contributed by atoms with Crippen LogP contribution in [0.15, 0.2) is 94.4 Å². The van der Waals surface area contributed by atoms with Crippen molar-refractivity contribution < 1.29 is 28.4 Å². The molecule has 1 aliphatic heterocycles. The van der Waals surface area contributed by atoms with Gasteiger partial charge in [0.25, 0.3) is 23.3 Å². The summed E-state index contributed by atoms with van der Waals surface area (Å²) in [6.07, 6.45) is 0.0143. The second-order valence-corrected chi connectivity index (χ2v) is 11.6. The number of fused-ring (bicyclic) bond motifs is 2. The Labute approximate surface area is 257 Å². The maximum atomic E-state index is 13.6. The molecule has 3 heterocycles. The lowest BCUT2D eigenvalue weighted by atomic mass is 9.87. The van der Waals surface area contributed by atoms with Crippen molar-refractivity contribution in [3.05, 3.63) is 118 Å². The summed E-state index contributed by atoms with van der Waals surface area (Å²) < 4.78 is 12.1. The van der Waals surface area contributed by atoms with Gasteiger partial charge in [-0.3, -0.25) is 28.5 Å². The number of nitrogens with one attached hydrogen (secondary N) is 1. The van der Waals surface area contributed by atoms with Crippen LogP contribution in [0.1, 0.15) is 65.6 Å². The molecule has 11 heteroatoms. The van der Waals surface area contributed by atoms with Crippen molar-refractivity contribution in [2.75, 3.05) is 10.2 Å². The number of aromatic nitrogens is 2. The Morgan fingerprint density at radius 1 is 0.889 bits per heavy atom. The predicted molar refractivity (Wildman–Crippen MR) is 165 cm³/mol. The lowest BCUT2D eigenvalue weighted by molar-refractivity contribution is -0.152. The van der Waals surface area contributed by atoms with Gasteiger partial charge in [0, 0.05) is 30.6 Å². The van der Waals surface area contributed by atoms with Crippen LogP contribution in [0.25, 0.3) is 16.7 Å². The highest BCUT2D eigenvalue weighted by molar-refractivity contribution is 6.35. The molecule has 0 aliphatic carbocycles. The van der Waals surface area contributed by atoms with Gasteiger partial charge < -0.3 is 14.6 Å². The summed E-state index contributed by atoms with van der Waals surface area (Å²) in [6, 6.07) is 21.5. The van der Waals surface area contributed by atoms with Crippen LogP contribution in [-0.2, 0) is 19.7 Å². The third-order valence-electron chi connectivity index (χ3n) is 7.52. The number of imide groups is 1. The zero-order valence-electron chi connectivity index (χ0n) is 24.9. The quantitative estimate of drug-likeness (QED) is 0.203. The number of benzene rings is 3. The van der Waals surface area contributed by atoms with Crippen LogP contribution in [0, 0.1) is 0 Å². The molecule has 1 atom stereocenters. The first-order valence-electron chi connectivity index (χ1n) is 14.1. The van der Waals surface area contributed by atoms with Crippen molar-refractivity contribution in [3.63, 3.8) is 0 Å². The first-order chi connectivity index (χ1) is 21.4. The Hall–Kier alpha value is -5.84. The first kappa shape index (κ1) is 29.2. The van der Waals surface area contributed by atoms with Crippen molar-refractivity contribution in [2.24, 2.45) is 0 Å². The lowest BCUT2D eigenvalue weighted by Gasteiger charge is -2.20. The molecule has 1 aliphatic rings. The van der Waals surface area contributed by atoms with Crippen LogP contribution in [0.5, 0.6) is 0 Å². The van der Waals surface area contributed by atoms with Crippen molar-refractivity contribution in [2.45, 2.75) is 39.2 Å². The van der Waals surface area contributed by atoms with E-state index in [0.717, 1.165) is 17.4 Å². The third kappa shape index (κ3) is 5.29. The Balaban J connectivity index is 1.28. The number of hydrogen-bond donors (Lipinski definition) is 1. The molecule has 11 nitrogen and oxygen atoms in total. The van der Waals surface area contributed by atoms with Gasteiger partial charge in [-0.05, 0) is 59.5 Å². The average molecular weight is 605 g/mol. The minimum absolute atomic E-state index is 0.0206. The highest BCUT2D eigenvalue weighted by Crippen LogP contribution is 2.34. The van der Waals surface area contributed by atoms with Crippen molar-refractivity contribution in [1.82, 2.24) is 9.72 Å². The van der Waals surface area contributed by atoms with Gasteiger partial charge in [0.05, 0.1) is 22.1 Å². The van der Waals surface area contributed by atoms with Gasteiger partial charge in [-0.25, -0.2) is 4.90 Å². The molecule has 226 valence electrons. The maximum Gasteiger partial charge on any atom is 0.303 e. The molecule has 0 fully saturated rings. The Morgan fingerprint density at radius 3 is 2.18 bits per heavy atom. The summed E-state index contributed by atoms with van der Waals surface area (Å²) >= 11 is 0. The summed E-state index contributed by atoms with van der Waals surface area (Å²) in [5.41, 5.74) is 1.98. The SMILES string of the molecule is CC(=O)OC(C(=O)Nc1ccc2c(N3C(=O)c4ccccc4C3=O)noc2c1)c1cccn(-c2ccc(C(C)(C)C)cc2)c1=O. The Bertz CT molecular complexity index is 2030. The number of rotatable bonds is 6. The summed E-state index contributed by atoms with van der Waals surface area (Å²) in [7, 11) is 0. The number of anilines is 2. The van der Waals surface area contributed by atoms with E-state index in [2.05, 4.69) is 31.2 Å². The van der Waals surface area contributed by atoms with Crippen molar-refractivity contribution >= 4 is 46.2 Å². The fourth-order valence-electron chi connectivity index (χ4n) is 5.21. The zero-order valence-corrected chi connectivity index (χ0v) is 24.9. The molecule has 0 bridgehead atoms. The minimum atomic E-state index is -1.56. The molecule has 2 aromatic heterocycles. The van der Waals surface area contributed by atoms with Crippen molar-refractivity contribution in [1.29, 1.82) is 0 Å². The number of esters is 1. The maximum absolute atomic E-state index is 13.6. The molecule has 6 rings (SSSR count). The van der Waals surface area contributed by atoms with Crippen LogP contribution in [0.2, 0.25) is 0 Å². The van der Waals surface area contributed by atoms with Crippen LogP contribution in [-0.4, -0.2) is 33.4 Å². The third-order valence-corrected chi connectivity index (χ3v) is 7.52. The molecular weight excluding hydrogens is 576 g/mol. The normalized spacial score (nSPS) is 13.6. The molecule has 0 saturated heterocycles. The van der Waals surface area contributed by atoms with Crippen LogP contribution < -0.4 is 15.8 Å². The Kier molecular flexibility index (Phi) is 7.16. The summed E-state index contributed by atoms with van der Waals surface area (Å²) in [6.45, 7) is 7.41. The van der Waals surface area contributed by atoms with E-state index in [4.69, 9.17) is 9.26 Å². The van der Waals surface area contributed by atoms with E-state index in [0.29, 0.717) is 11.1 Å². The minimum Gasteiger partial charge on any atom is -0.447 e. The number of amides is 3. The standard InChI is InChI=1S/C34H28N4O7/c1-19(39)44-28(26-10-7-17-37(31(26)41)22-14-11-20(12-15-22)34(2,3)4)30(40)35-21-13-16-25-27(18-21)45-36-29(25)38-32(42)23-8-5-6-9-24(23)33(38)43/h5-18,28H,1-4H3,(H,35,40). The predicted octanol–water partition coefficient (Wildman–Crippen LogP) is 5.32. The second kappa shape index (κ2) is 11.0. The molecule has 5 aromatic rings. The van der Waals surface area contributed by atoms with Crippen LogP contribution in [0.3, 0.4) is 0 Å². The van der Waals surface area contributed by atoms with Gasteiger partial charge in [-0.15, -0.1) is 0 Å². The largest absolute Gasteiger partial charge is 0.447 e. The highest BCUT2D eigenvalue weighted by Gasteiger charge is 2.39. The van der Waals surface area contributed by atoms with E-state index < -0.39 is 35.4 Å². The average Bonchev–Trinajstić information content (AvgIpc) is 3.53. The van der Waals surface area contributed by atoms with Gasteiger partial charge >= 0.3 is 5.97 Å². The fraction of sp³-hybridized carbons (Fsp3) is 0.176. The second-order valence-electron chi connectivity index (χ2n) is 11.6. The molecule has 3 aromatic carbocycles. The van der Waals surface area contributed by atoms with Gasteiger partial charge in [-0.1, -0.05) is 50.2 Å². The van der Waals surface area contributed by atoms with E-state index in [1.54, 1.807) is 36.5 Å². The first-order valence-corrected chi connectivity index (χ1v) is 14.1. The topological polar surface area (TPSA) is 141 Å². The van der Waals surface area contributed by atoms with E-state index in [9.17, 15) is 24.0 Å². The number of nitrogens with zero attached hydrogens (tertiary/aromatic N) is 3. The highest BCUT2D eigenvalue weighted by atomic mass is 16.5. The molecule has 0 radical (unpaired) electrons. The van der Waals surface area contributed by atoms with E-state index >= 15 is 0 Å². The van der Waals surface area contributed by atoms with Gasteiger partial charge in [0.15, 0.2) is 11.4 Å². The summed E-state index contributed by atoms with van der Waals surface area (Å²) in [5, 5.41) is 6.98. The Morgan fingerprint density at radius 2 is 1.56 bits per heavy atom. The molecule has 1 N–H and O–H groups in total. The number of ether oxygens (including phenoxy) is 1. The van der Waals surface area contributed by atoms with Gasteiger partial charge in [-0.2, -0.15) is 0 Å². The zero-order chi connectivity index (χ0) is 32.0. The summed E-state index contributed by atoms with van der Waals surface area (Å²) in [4.78, 5) is 65.9. The molecule has 45 heavy (non-hydrogen) atoms. The van der Waals surface area contributed by atoms with Crippen LogP contribution in [0.4, 0.5) is 11.5 Å². The molecule has 0 saturated carbocycles. The van der Waals surface area contributed by atoms with Crippen molar-refractivity contribution in [3.8, 4) is 5.69 Å². The van der Waals surface area contributed by atoms with Crippen LogP contribution >= 0.6 is 0 Å². The molecule has 1 unspecified atom stereocenters. The number of hydrogen-bond acceptors (Lipinski definition) is 8. The van der Waals surface area contributed by atoms with E-state index in [1.165, 1.54) is 28.8 Å². The van der Waals surface area contributed by atoms with E-state index in [-0.39, 0.29) is 39.2 Å². The molecule has 3 amide bonds. The van der Waals surface area contributed by atoms with Gasteiger partial charge in [0.2, 0.25) is 6.10 Å². The smallest absolute Gasteiger partial charge is 0.303 e. The monoisotopic (exact) mass is 604 g/mol. The number of carbonyl (C=O) groups is 4. The molecular formula is C34H28N4O7. The van der Waals surface area contributed by atoms with E-state index in [1.807, 2.05) is 24.3 Å². The number of carbonyl (C=O) groups excluding carboxylic acids is 4. The molecule has 0 spiro atoms. The summed E-state index contributed by atoms with van der Waals surface area (Å²) in [5.74, 6) is -2.55. The van der Waals surface area contributed by atoms with Gasteiger partial charge in [0.1, 0.15) is 0 Å².